The van der Waals surface area contributed by atoms with Gasteiger partial charge in [0.1, 0.15) is 11.9 Å². The van der Waals surface area contributed by atoms with Crippen LogP contribution < -0.4 is 0 Å². The molecule has 9 atom stereocenters. The topological polar surface area (TPSA) is 89.9 Å². The number of hydrogen-bond acceptors (Lipinski definition) is 5. The lowest BCUT2D eigenvalue weighted by Crippen LogP contribution is -2.51. The highest BCUT2D eigenvalue weighted by molar-refractivity contribution is 7.54. The van der Waals surface area contributed by atoms with E-state index in [1.807, 2.05) is 0 Å². The minimum atomic E-state index is -3.81. The molecule has 0 aromatic carbocycles. The average Bonchev–Trinajstić information content (AvgIpc) is 3.14. The van der Waals surface area contributed by atoms with Gasteiger partial charge in [0.2, 0.25) is 0 Å². The molecule has 4 aliphatic carbocycles. The van der Waals surface area contributed by atoms with Gasteiger partial charge in [-0.3, -0.25) is 14.2 Å². The highest BCUT2D eigenvalue weighted by Crippen LogP contribution is 2.66. The minimum absolute atomic E-state index is 0.123. The number of allylic oxidation sites excluding steroid dienone is 1. The monoisotopic (exact) mass is 522 g/mol. The normalized spacial score (nSPS) is 40.7. The SMILES string of the molecule is CC(=O)C1CCC2C3CC=C4CC(OC(=O)C(C)COP(=O)(O)C(C)(C)C)CCC4(C)C3CCC12C. The zero-order chi connectivity index (χ0) is 26.7. The number of fused-ring (bicyclic) bond motifs is 5. The number of Topliss-reactive ketones (excluding diaryl/α,β-unsaturated/α-hetero) is 1. The molecular weight excluding hydrogens is 475 g/mol. The summed E-state index contributed by atoms with van der Waals surface area (Å²) in [5, 5.41) is -0.891. The van der Waals surface area contributed by atoms with E-state index < -0.39 is 18.7 Å². The van der Waals surface area contributed by atoms with E-state index >= 15 is 0 Å². The first-order valence-corrected chi connectivity index (χ1v) is 15.6. The summed E-state index contributed by atoms with van der Waals surface area (Å²) in [6, 6.07) is 0. The molecule has 0 heterocycles. The number of ketones is 1. The molecule has 1 N–H and O–H groups in total. The van der Waals surface area contributed by atoms with E-state index in [1.165, 1.54) is 18.4 Å². The third-order valence-electron chi connectivity index (χ3n) is 10.6. The third-order valence-corrected chi connectivity index (χ3v) is 12.8. The molecule has 204 valence electrons. The zero-order valence-electron chi connectivity index (χ0n) is 23.3. The van der Waals surface area contributed by atoms with E-state index in [0.29, 0.717) is 23.5 Å². The Kier molecular flexibility index (Phi) is 7.52. The van der Waals surface area contributed by atoms with Gasteiger partial charge in [0, 0.05) is 12.3 Å². The first-order chi connectivity index (χ1) is 16.6. The van der Waals surface area contributed by atoms with Crippen LogP contribution in [-0.2, 0) is 23.4 Å². The second kappa shape index (κ2) is 9.65. The fourth-order valence-corrected chi connectivity index (χ4v) is 8.96. The lowest BCUT2D eigenvalue weighted by molar-refractivity contribution is -0.157. The van der Waals surface area contributed by atoms with E-state index in [-0.39, 0.29) is 35.4 Å². The van der Waals surface area contributed by atoms with Crippen molar-refractivity contribution in [2.24, 2.45) is 40.4 Å². The Morgan fingerprint density at radius 3 is 2.47 bits per heavy atom. The van der Waals surface area contributed by atoms with E-state index in [4.69, 9.17) is 9.26 Å². The summed E-state index contributed by atoms with van der Waals surface area (Å²) >= 11 is 0. The Morgan fingerprint density at radius 2 is 1.83 bits per heavy atom. The van der Waals surface area contributed by atoms with Gasteiger partial charge in [-0.05, 0) is 108 Å². The predicted molar refractivity (Wildman–Crippen MR) is 140 cm³/mol. The highest BCUT2D eigenvalue weighted by Gasteiger charge is 2.59. The van der Waals surface area contributed by atoms with Gasteiger partial charge in [0.15, 0.2) is 0 Å². The second-order valence-corrected chi connectivity index (χ2v) is 16.4. The van der Waals surface area contributed by atoms with Crippen LogP contribution in [0.3, 0.4) is 0 Å². The molecule has 3 saturated carbocycles. The van der Waals surface area contributed by atoms with Crippen molar-refractivity contribution >= 4 is 19.3 Å². The van der Waals surface area contributed by atoms with Crippen molar-refractivity contribution in [3.63, 3.8) is 0 Å². The summed E-state index contributed by atoms with van der Waals surface area (Å²) in [6.45, 7) is 13.1. The van der Waals surface area contributed by atoms with Gasteiger partial charge in [0.05, 0.1) is 17.7 Å². The summed E-state index contributed by atoms with van der Waals surface area (Å²) in [6.07, 6.45) is 10.5. The minimum Gasteiger partial charge on any atom is -0.462 e. The van der Waals surface area contributed by atoms with Crippen LogP contribution in [0.1, 0.15) is 99.8 Å². The van der Waals surface area contributed by atoms with Crippen molar-refractivity contribution in [3.05, 3.63) is 11.6 Å². The van der Waals surface area contributed by atoms with Crippen molar-refractivity contribution < 1.29 is 28.3 Å². The van der Waals surface area contributed by atoms with Crippen LogP contribution in [0.15, 0.2) is 11.6 Å². The Morgan fingerprint density at radius 1 is 1.14 bits per heavy atom. The van der Waals surface area contributed by atoms with Gasteiger partial charge in [-0.15, -0.1) is 0 Å². The molecule has 0 aromatic heterocycles. The fraction of sp³-hybridized carbons (Fsp3) is 0.862. The summed E-state index contributed by atoms with van der Waals surface area (Å²) in [4.78, 5) is 35.3. The standard InChI is InChI=1S/C29H47O6P/c1-18(17-34-36(32,33)27(3,4)5)26(31)35-21-12-14-28(6)20(16-21)8-9-22-24-11-10-23(19(2)30)29(24,7)15-13-25(22)28/h8,18,21-25H,9-17H2,1-7H3,(H,32,33). The number of hydrogen-bond donors (Lipinski definition) is 1. The number of esters is 1. The molecule has 6 nitrogen and oxygen atoms in total. The Bertz CT molecular complexity index is 965. The summed E-state index contributed by atoms with van der Waals surface area (Å²) < 4.78 is 23.5. The van der Waals surface area contributed by atoms with Gasteiger partial charge in [0.25, 0.3) is 0 Å². The fourth-order valence-electron chi connectivity index (χ4n) is 8.15. The van der Waals surface area contributed by atoms with Gasteiger partial charge in [-0.1, -0.05) is 25.5 Å². The lowest BCUT2D eigenvalue weighted by atomic mass is 9.47. The van der Waals surface area contributed by atoms with Crippen molar-refractivity contribution in [1.82, 2.24) is 0 Å². The Balaban J connectivity index is 1.38. The molecule has 0 bridgehead atoms. The van der Waals surface area contributed by atoms with Gasteiger partial charge in [-0.25, -0.2) is 0 Å². The lowest BCUT2D eigenvalue weighted by Gasteiger charge is -2.58. The number of rotatable bonds is 6. The maximum Gasteiger partial charge on any atom is 0.333 e. The third kappa shape index (κ3) is 4.80. The maximum absolute atomic E-state index is 12.8. The van der Waals surface area contributed by atoms with Crippen LogP contribution in [0.25, 0.3) is 0 Å². The first kappa shape index (κ1) is 28.0. The zero-order valence-corrected chi connectivity index (χ0v) is 24.2. The largest absolute Gasteiger partial charge is 0.462 e. The summed E-state index contributed by atoms with van der Waals surface area (Å²) in [7, 11) is -3.81. The summed E-state index contributed by atoms with van der Waals surface area (Å²) in [5.74, 6) is 1.56. The van der Waals surface area contributed by atoms with Crippen LogP contribution in [0.4, 0.5) is 0 Å². The summed E-state index contributed by atoms with van der Waals surface area (Å²) in [5.41, 5.74) is 1.74. The number of carbonyl (C=O) groups is 2. The number of ether oxygens (including phenoxy) is 1. The molecule has 0 aromatic rings. The van der Waals surface area contributed by atoms with Crippen molar-refractivity contribution in [1.29, 1.82) is 0 Å². The predicted octanol–water partition coefficient (Wildman–Crippen LogP) is 6.70. The van der Waals surface area contributed by atoms with Crippen LogP contribution in [0.5, 0.6) is 0 Å². The molecular formula is C29H47O6P. The van der Waals surface area contributed by atoms with E-state index in [0.717, 1.165) is 38.5 Å². The van der Waals surface area contributed by atoms with Crippen molar-refractivity contribution in [3.8, 4) is 0 Å². The molecule has 36 heavy (non-hydrogen) atoms. The maximum atomic E-state index is 12.8. The second-order valence-electron chi connectivity index (χ2n) is 13.7. The molecule has 7 heteroatoms. The van der Waals surface area contributed by atoms with Crippen molar-refractivity contribution in [2.75, 3.05) is 6.61 Å². The van der Waals surface area contributed by atoms with Crippen LogP contribution in [-0.4, -0.2) is 34.5 Å². The first-order valence-electron chi connectivity index (χ1n) is 14.0. The molecule has 0 radical (unpaired) electrons. The van der Waals surface area contributed by atoms with Crippen LogP contribution in [0, 0.1) is 40.4 Å². The molecule has 4 rings (SSSR count). The molecule has 0 spiro atoms. The molecule has 4 aliphatic rings. The molecule has 9 unspecified atom stereocenters. The van der Waals surface area contributed by atoms with E-state index in [2.05, 4.69) is 19.9 Å². The van der Waals surface area contributed by atoms with Gasteiger partial charge in [-0.2, -0.15) is 0 Å². The Hall–Kier alpha value is -0.970. The number of carbonyl (C=O) groups excluding carboxylic acids is 2. The van der Waals surface area contributed by atoms with E-state index in [1.54, 1.807) is 34.6 Å². The Labute approximate surface area is 217 Å². The van der Waals surface area contributed by atoms with E-state index in [9.17, 15) is 19.0 Å². The molecule has 0 aliphatic heterocycles. The quantitative estimate of drug-likeness (QED) is 0.237. The average molecular weight is 523 g/mol. The van der Waals surface area contributed by atoms with Gasteiger partial charge < -0.3 is 14.2 Å². The van der Waals surface area contributed by atoms with Gasteiger partial charge >= 0.3 is 13.6 Å². The highest BCUT2D eigenvalue weighted by atomic mass is 31.2. The smallest absolute Gasteiger partial charge is 0.333 e. The van der Waals surface area contributed by atoms with Crippen LogP contribution in [0.2, 0.25) is 0 Å². The molecule has 0 saturated heterocycles. The molecule has 0 amide bonds. The van der Waals surface area contributed by atoms with Crippen LogP contribution >= 0.6 is 7.60 Å². The molecule has 3 fully saturated rings. The van der Waals surface area contributed by atoms with Crippen molar-refractivity contribution in [2.45, 2.75) is 111 Å².